The van der Waals surface area contributed by atoms with Crippen molar-refractivity contribution in [3.8, 4) is 0 Å². The SMILES string of the molecule is C[C@@H](NC(=O)NC1CCN(Cc2ccccc2)CC1)c1ccccc1Br. The fraction of sp³-hybridized carbons (Fsp3) is 0.381. The second-order valence-corrected chi connectivity index (χ2v) is 7.75. The second kappa shape index (κ2) is 9.19. The summed E-state index contributed by atoms with van der Waals surface area (Å²) >= 11 is 3.54. The normalized spacial score (nSPS) is 16.8. The summed E-state index contributed by atoms with van der Waals surface area (Å²) in [5.41, 5.74) is 2.43. The molecule has 1 aliphatic rings. The van der Waals surface area contributed by atoms with E-state index in [4.69, 9.17) is 0 Å². The Bertz CT molecular complexity index is 714. The maximum Gasteiger partial charge on any atom is 0.315 e. The summed E-state index contributed by atoms with van der Waals surface area (Å²) in [6.07, 6.45) is 1.98. The number of nitrogens with zero attached hydrogens (tertiary/aromatic N) is 1. The average Bonchev–Trinajstić information content (AvgIpc) is 2.64. The number of carbonyl (C=O) groups excluding carboxylic acids is 1. The molecule has 0 saturated carbocycles. The van der Waals surface area contributed by atoms with Crippen LogP contribution in [0.25, 0.3) is 0 Å². The molecule has 26 heavy (non-hydrogen) atoms. The molecule has 2 amide bonds. The zero-order valence-corrected chi connectivity index (χ0v) is 16.7. The molecule has 1 saturated heterocycles. The van der Waals surface area contributed by atoms with E-state index in [0.717, 1.165) is 42.5 Å². The van der Waals surface area contributed by atoms with Crippen LogP contribution in [0, 0.1) is 0 Å². The lowest BCUT2D eigenvalue weighted by Gasteiger charge is -2.32. The summed E-state index contributed by atoms with van der Waals surface area (Å²) in [5.74, 6) is 0. The van der Waals surface area contributed by atoms with Crippen molar-refractivity contribution in [1.29, 1.82) is 0 Å². The van der Waals surface area contributed by atoms with Gasteiger partial charge < -0.3 is 10.6 Å². The number of hydrogen-bond acceptors (Lipinski definition) is 2. The quantitative estimate of drug-likeness (QED) is 0.755. The summed E-state index contributed by atoms with van der Waals surface area (Å²) in [5, 5.41) is 6.17. The molecule has 4 nitrogen and oxygen atoms in total. The number of piperidine rings is 1. The Kier molecular flexibility index (Phi) is 6.69. The van der Waals surface area contributed by atoms with Crippen LogP contribution in [0.4, 0.5) is 4.79 Å². The van der Waals surface area contributed by atoms with Gasteiger partial charge in [0.05, 0.1) is 6.04 Å². The molecule has 0 aromatic heterocycles. The zero-order chi connectivity index (χ0) is 18.4. The number of rotatable bonds is 5. The molecule has 1 atom stereocenters. The van der Waals surface area contributed by atoms with Crippen molar-refractivity contribution in [3.63, 3.8) is 0 Å². The highest BCUT2D eigenvalue weighted by atomic mass is 79.9. The van der Waals surface area contributed by atoms with Gasteiger partial charge in [-0.1, -0.05) is 64.5 Å². The molecule has 0 unspecified atom stereocenters. The molecule has 1 aliphatic heterocycles. The lowest BCUT2D eigenvalue weighted by Crippen LogP contribution is -2.48. The molecule has 5 heteroatoms. The summed E-state index contributed by atoms with van der Waals surface area (Å²) in [6.45, 7) is 5.01. The molecule has 3 rings (SSSR count). The molecule has 0 aliphatic carbocycles. The monoisotopic (exact) mass is 415 g/mol. The number of benzene rings is 2. The van der Waals surface area contributed by atoms with E-state index in [1.165, 1.54) is 5.56 Å². The van der Waals surface area contributed by atoms with E-state index in [2.05, 4.69) is 55.7 Å². The van der Waals surface area contributed by atoms with Crippen LogP contribution in [0.3, 0.4) is 0 Å². The highest BCUT2D eigenvalue weighted by Gasteiger charge is 2.21. The maximum atomic E-state index is 12.3. The van der Waals surface area contributed by atoms with E-state index in [1.54, 1.807) is 0 Å². The topological polar surface area (TPSA) is 44.4 Å². The Hall–Kier alpha value is -1.85. The van der Waals surface area contributed by atoms with Gasteiger partial charge in [-0.05, 0) is 37.0 Å². The van der Waals surface area contributed by atoms with Gasteiger partial charge in [-0.25, -0.2) is 4.79 Å². The number of carbonyl (C=O) groups is 1. The Labute approximate surface area is 164 Å². The minimum absolute atomic E-state index is 0.0382. The molecule has 0 radical (unpaired) electrons. The molecular formula is C21H26BrN3O. The molecule has 0 bridgehead atoms. The first-order valence-electron chi connectivity index (χ1n) is 9.19. The van der Waals surface area contributed by atoms with E-state index >= 15 is 0 Å². The Balaban J connectivity index is 1.43. The largest absolute Gasteiger partial charge is 0.335 e. The first-order chi connectivity index (χ1) is 12.6. The number of halogens is 1. The Morgan fingerprint density at radius 1 is 1.12 bits per heavy atom. The van der Waals surface area contributed by atoms with Gasteiger partial charge in [0.15, 0.2) is 0 Å². The van der Waals surface area contributed by atoms with Crippen molar-refractivity contribution < 1.29 is 4.79 Å². The number of nitrogens with one attached hydrogen (secondary N) is 2. The highest BCUT2D eigenvalue weighted by Crippen LogP contribution is 2.22. The standard InChI is InChI=1S/C21H26BrN3O/c1-16(19-9-5-6-10-20(19)22)23-21(26)24-18-11-13-25(14-12-18)15-17-7-3-2-4-8-17/h2-10,16,18H,11-15H2,1H3,(H2,23,24,26)/t16-/m1/s1. The van der Waals surface area contributed by atoms with E-state index in [0.29, 0.717) is 0 Å². The van der Waals surface area contributed by atoms with Crippen LogP contribution in [0.1, 0.15) is 36.9 Å². The maximum absolute atomic E-state index is 12.3. The van der Waals surface area contributed by atoms with Gasteiger partial charge in [0, 0.05) is 30.1 Å². The lowest BCUT2D eigenvalue weighted by molar-refractivity contribution is 0.186. The Morgan fingerprint density at radius 3 is 2.46 bits per heavy atom. The first kappa shape index (κ1) is 18.9. The molecule has 1 fully saturated rings. The van der Waals surface area contributed by atoms with Crippen LogP contribution in [0.15, 0.2) is 59.1 Å². The third-order valence-electron chi connectivity index (χ3n) is 4.89. The molecular weight excluding hydrogens is 390 g/mol. The second-order valence-electron chi connectivity index (χ2n) is 6.90. The lowest BCUT2D eigenvalue weighted by atomic mass is 10.0. The summed E-state index contributed by atoms with van der Waals surface area (Å²) in [6, 6.07) is 18.6. The molecule has 1 heterocycles. The van der Waals surface area contributed by atoms with E-state index in [9.17, 15) is 4.79 Å². The fourth-order valence-corrected chi connectivity index (χ4v) is 4.03. The van der Waals surface area contributed by atoms with Crippen molar-refractivity contribution in [2.45, 2.75) is 38.4 Å². The van der Waals surface area contributed by atoms with Gasteiger partial charge in [0.2, 0.25) is 0 Å². The first-order valence-corrected chi connectivity index (χ1v) is 9.99. The summed E-state index contributed by atoms with van der Waals surface area (Å²) in [7, 11) is 0. The number of amides is 2. The van der Waals surface area contributed by atoms with Crippen LogP contribution in [-0.2, 0) is 6.54 Å². The molecule has 138 valence electrons. The smallest absolute Gasteiger partial charge is 0.315 e. The average molecular weight is 416 g/mol. The fourth-order valence-electron chi connectivity index (χ4n) is 3.40. The Morgan fingerprint density at radius 2 is 1.77 bits per heavy atom. The van der Waals surface area contributed by atoms with Gasteiger partial charge in [-0.15, -0.1) is 0 Å². The van der Waals surface area contributed by atoms with Crippen LogP contribution < -0.4 is 10.6 Å². The van der Waals surface area contributed by atoms with Gasteiger partial charge in [-0.2, -0.15) is 0 Å². The van der Waals surface area contributed by atoms with Crippen LogP contribution in [0.5, 0.6) is 0 Å². The van der Waals surface area contributed by atoms with E-state index < -0.39 is 0 Å². The number of likely N-dealkylation sites (tertiary alicyclic amines) is 1. The minimum Gasteiger partial charge on any atom is -0.335 e. The van der Waals surface area contributed by atoms with Gasteiger partial charge in [-0.3, -0.25) is 4.90 Å². The van der Waals surface area contributed by atoms with Crippen molar-refractivity contribution in [3.05, 3.63) is 70.2 Å². The van der Waals surface area contributed by atoms with Crippen LogP contribution >= 0.6 is 15.9 Å². The third-order valence-corrected chi connectivity index (χ3v) is 5.61. The summed E-state index contributed by atoms with van der Waals surface area (Å²) < 4.78 is 1.02. The minimum atomic E-state index is -0.0882. The van der Waals surface area contributed by atoms with E-state index in [1.807, 2.05) is 37.3 Å². The van der Waals surface area contributed by atoms with Crippen molar-refractivity contribution in [1.82, 2.24) is 15.5 Å². The van der Waals surface area contributed by atoms with Gasteiger partial charge in [0.25, 0.3) is 0 Å². The van der Waals surface area contributed by atoms with E-state index in [-0.39, 0.29) is 18.1 Å². The molecule has 2 aromatic carbocycles. The molecule has 2 aromatic rings. The predicted octanol–water partition coefficient (Wildman–Crippen LogP) is 4.47. The highest BCUT2D eigenvalue weighted by molar-refractivity contribution is 9.10. The molecule has 2 N–H and O–H groups in total. The summed E-state index contributed by atoms with van der Waals surface area (Å²) in [4.78, 5) is 14.8. The number of hydrogen-bond donors (Lipinski definition) is 2. The third kappa shape index (κ3) is 5.32. The van der Waals surface area contributed by atoms with Crippen LogP contribution in [-0.4, -0.2) is 30.1 Å². The predicted molar refractivity (Wildman–Crippen MR) is 109 cm³/mol. The van der Waals surface area contributed by atoms with Crippen molar-refractivity contribution in [2.24, 2.45) is 0 Å². The van der Waals surface area contributed by atoms with Gasteiger partial charge in [0.1, 0.15) is 0 Å². The molecule has 0 spiro atoms. The van der Waals surface area contributed by atoms with Crippen molar-refractivity contribution in [2.75, 3.05) is 13.1 Å². The zero-order valence-electron chi connectivity index (χ0n) is 15.1. The van der Waals surface area contributed by atoms with Crippen LogP contribution in [0.2, 0.25) is 0 Å². The van der Waals surface area contributed by atoms with Crippen molar-refractivity contribution >= 4 is 22.0 Å². The van der Waals surface area contributed by atoms with Gasteiger partial charge >= 0.3 is 6.03 Å². The number of urea groups is 1.